The van der Waals surface area contributed by atoms with E-state index in [-0.39, 0.29) is 12.1 Å². The number of thiazole rings is 1. The first-order chi connectivity index (χ1) is 11.3. The Morgan fingerprint density at radius 2 is 2.39 bits per heavy atom. The first-order valence-corrected chi connectivity index (χ1v) is 8.37. The number of imidazole rings is 1. The minimum absolute atomic E-state index is 0.177. The van der Waals surface area contributed by atoms with Gasteiger partial charge in [0.05, 0.1) is 24.4 Å². The van der Waals surface area contributed by atoms with Crippen molar-refractivity contribution in [2.24, 2.45) is 0 Å². The highest BCUT2D eigenvalue weighted by atomic mass is 32.1. The molecule has 2 aromatic heterocycles. The first kappa shape index (κ1) is 15.7. The van der Waals surface area contributed by atoms with Crippen molar-refractivity contribution in [3.05, 3.63) is 47.0 Å². The van der Waals surface area contributed by atoms with E-state index in [9.17, 15) is 4.79 Å². The van der Waals surface area contributed by atoms with E-state index in [0.29, 0.717) is 25.5 Å². The van der Waals surface area contributed by atoms with E-state index in [2.05, 4.69) is 28.5 Å². The van der Waals surface area contributed by atoms with E-state index >= 15 is 0 Å². The number of hydrogen-bond donors (Lipinski definition) is 1. The monoisotopic (exact) mass is 333 g/mol. The molecule has 0 saturated carbocycles. The van der Waals surface area contributed by atoms with Crippen LogP contribution in [0.15, 0.2) is 30.6 Å². The van der Waals surface area contributed by atoms with E-state index in [0.717, 1.165) is 17.0 Å². The van der Waals surface area contributed by atoms with Gasteiger partial charge in [-0.2, -0.15) is 0 Å². The highest BCUT2D eigenvalue weighted by molar-refractivity contribution is 7.09. The summed E-state index contributed by atoms with van der Waals surface area (Å²) in [5, 5.41) is 1.37. The topological polar surface area (TPSA) is 74.3 Å². The van der Waals surface area contributed by atoms with Gasteiger partial charge in [-0.1, -0.05) is 13.0 Å². The van der Waals surface area contributed by atoms with Crippen LogP contribution in [0.4, 0.5) is 4.79 Å². The molecule has 3 heterocycles. The molecule has 23 heavy (non-hydrogen) atoms. The highest BCUT2D eigenvalue weighted by Gasteiger charge is 2.39. The molecule has 122 valence electrons. The number of aromatic nitrogens is 3. The molecule has 0 radical (unpaired) electrons. The van der Waals surface area contributed by atoms with E-state index in [4.69, 9.17) is 4.84 Å². The largest absolute Gasteiger partial charge is 0.347 e. The number of H-pyrrole nitrogens is 1. The van der Waals surface area contributed by atoms with Gasteiger partial charge < -0.3 is 9.88 Å². The van der Waals surface area contributed by atoms with Crippen molar-refractivity contribution in [2.75, 3.05) is 19.7 Å². The van der Waals surface area contributed by atoms with Gasteiger partial charge >= 0.3 is 6.03 Å². The molecule has 0 bridgehead atoms. The average molecular weight is 333 g/mol. The summed E-state index contributed by atoms with van der Waals surface area (Å²) < 4.78 is 0. The number of amides is 2. The molecule has 3 rings (SSSR count). The Labute approximate surface area is 138 Å². The van der Waals surface area contributed by atoms with Gasteiger partial charge in [0.25, 0.3) is 0 Å². The van der Waals surface area contributed by atoms with Crippen molar-refractivity contribution in [3.8, 4) is 0 Å². The second-order valence-electron chi connectivity index (χ2n) is 5.05. The lowest BCUT2D eigenvalue weighted by Crippen LogP contribution is -2.36. The van der Waals surface area contributed by atoms with Crippen LogP contribution < -0.4 is 0 Å². The molecule has 1 aliphatic heterocycles. The van der Waals surface area contributed by atoms with Gasteiger partial charge in [-0.25, -0.2) is 19.8 Å². The molecule has 0 aliphatic carbocycles. The Morgan fingerprint density at radius 3 is 3.09 bits per heavy atom. The van der Waals surface area contributed by atoms with Gasteiger partial charge in [-0.05, 0) is 6.42 Å². The number of aryl methyl sites for hydroxylation is 1. The third kappa shape index (κ3) is 2.99. The average Bonchev–Trinajstić information content (AvgIpc) is 3.30. The number of hydrogen-bond acceptors (Lipinski definition) is 5. The van der Waals surface area contributed by atoms with Gasteiger partial charge in [0.15, 0.2) is 0 Å². The van der Waals surface area contributed by atoms with E-state index in [1.54, 1.807) is 34.7 Å². The predicted molar refractivity (Wildman–Crippen MR) is 86.9 cm³/mol. The lowest BCUT2D eigenvalue weighted by Gasteiger charge is -2.25. The standard InChI is InChI=1S/C15H19N5O2S/c1-3-9-22-20-8-7-19(15(20)21)13(14-16-5-6-17-14)12-11(4-2)23-10-18-12/h3,5-6,10,13H,1,4,7-9H2,2H3,(H,16,17). The number of nitrogens with zero attached hydrogens (tertiary/aromatic N) is 4. The van der Waals surface area contributed by atoms with E-state index in [1.807, 2.05) is 5.51 Å². The van der Waals surface area contributed by atoms with Crippen molar-refractivity contribution in [2.45, 2.75) is 19.4 Å². The smallest absolute Gasteiger partial charge is 0.345 e. The van der Waals surface area contributed by atoms with Crippen molar-refractivity contribution in [3.63, 3.8) is 0 Å². The fraction of sp³-hybridized carbons (Fsp3) is 0.400. The molecule has 1 unspecified atom stereocenters. The van der Waals surface area contributed by atoms with Crippen LogP contribution in [0.5, 0.6) is 0 Å². The Hall–Kier alpha value is -2.19. The molecule has 7 nitrogen and oxygen atoms in total. The molecule has 2 aromatic rings. The second kappa shape index (κ2) is 6.93. The summed E-state index contributed by atoms with van der Waals surface area (Å²) in [6.45, 7) is 7.06. The molecule has 2 amide bonds. The minimum atomic E-state index is -0.323. The fourth-order valence-electron chi connectivity index (χ4n) is 2.65. The van der Waals surface area contributed by atoms with Crippen LogP contribution in [0, 0.1) is 0 Å². The summed E-state index contributed by atoms with van der Waals surface area (Å²) in [6.07, 6.45) is 5.94. The Kier molecular flexibility index (Phi) is 4.73. The number of carbonyl (C=O) groups is 1. The maximum Gasteiger partial charge on any atom is 0.345 e. The second-order valence-corrected chi connectivity index (χ2v) is 5.99. The first-order valence-electron chi connectivity index (χ1n) is 7.49. The van der Waals surface area contributed by atoms with Crippen LogP contribution in [0.3, 0.4) is 0 Å². The summed E-state index contributed by atoms with van der Waals surface area (Å²) in [7, 11) is 0. The molecule has 0 aromatic carbocycles. The zero-order valence-corrected chi connectivity index (χ0v) is 13.8. The normalized spacial score (nSPS) is 16.1. The minimum Gasteiger partial charge on any atom is -0.347 e. The van der Waals surface area contributed by atoms with Crippen molar-refractivity contribution < 1.29 is 9.63 Å². The Bertz CT molecular complexity index is 669. The van der Waals surface area contributed by atoms with Crippen LogP contribution in [-0.4, -0.2) is 50.6 Å². The highest BCUT2D eigenvalue weighted by Crippen LogP contribution is 2.32. The third-order valence-electron chi connectivity index (χ3n) is 3.69. The SMILES string of the molecule is C=CCON1CCN(C(c2ncc[nH]2)c2ncsc2CC)C1=O. The van der Waals surface area contributed by atoms with Gasteiger partial charge in [0.2, 0.25) is 0 Å². The molecule has 1 atom stereocenters. The van der Waals surface area contributed by atoms with Crippen LogP contribution in [-0.2, 0) is 11.3 Å². The van der Waals surface area contributed by atoms with Crippen LogP contribution >= 0.6 is 11.3 Å². The van der Waals surface area contributed by atoms with Crippen LogP contribution in [0.1, 0.15) is 29.4 Å². The van der Waals surface area contributed by atoms with Crippen molar-refractivity contribution >= 4 is 17.4 Å². The number of carbonyl (C=O) groups excluding carboxylic acids is 1. The molecular weight excluding hydrogens is 314 g/mol. The predicted octanol–water partition coefficient (Wildman–Crippen LogP) is 2.37. The summed E-state index contributed by atoms with van der Waals surface area (Å²) >= 11 is 1.60. The summed E-state index contributed by atoms with van der Waals surface area (Å²) in [5.74, 6) is 0.713. The Morgan fingerprint density at radius 1 is 1.52 bits per heavy atom. The van der Waals surface area contributed by atoms with E-state index < -0.39 is 0 Å². The van der Waals surface area contributed by atoms with Gasteiger partial charge in [0.1, 0.15) is 11.9 Å². The molecule has 0 spiro atoms. The van der Waals surface area contributed by atoms with Crippen LogP contribution in [0.2, 0.25) is 0 Å². The molecule has 1 fully saturated rings. The number of hydroxylamine groups is 2. The lowest BCUT2D eigenvalue weighted by molar-refractivity contribution is -0.0922. The molecule has 1 N–H and O–H groups in total. The van der Waals surface area contributed by atoms with Gasteiger partial charge in [-0.3, -0.25) is 4.84 Å². The molecule has 1 aliphatic rings. The number of urea groups is 1. The van der Waals surface area contributed by atoms with Gasteiger partial charge in [-0.15, -0.1) is 17.9 Å². The summed E-state index contributed by atoms with van der Waals surface area (Å²) in [5.41, 5.74) is 2.70. The maximum atomic E-state index is 12.7. The molecule has 8 heteroatoms. The quantitative estimate of drug-likeness (QED) is 0.790. The van der Waals surface area contributed by atoms with Crippen molar-refractivity contribution in [1.29, 1.82) is 0 Å². The Balaban J connectivity index is 1.91. The van der Waals surface area contributed by atoms with E-state index in [1.165, 1.54) is 5.06 Å². The summed E-state index contributed by atoms with van der Waals surface area (Å²) in [6, 6.07) is -0.501. The number of aromatic amines is 1. The third-order valence-corrected chi connectivity index (χ3v) is 4.69. The summed E-state index contributed by atoms with van der Waals surface area (Å²) in [4.78, 5) is 33.0. The van der Waals surface area contributed by atoms with Crippen LogP contribution in [0.25, 0.3) is 0 Å². The number of nitrogens with one attached hydrogen (secondary N) is 1. The molecule has 1 saturated heterocycles. The molecular formula is C15H19N5O2S. The van der Waals surface area contributed by atoms with Crippen molar-refractivity contribution in [1.82, 2.24) is 24.9 Å². The van der Waals surface area contributed by atoms with Gasteiger partial charge in [0, 0.05) is 23.8 Å². The fourth-order valence-corrected chi connectivity index (χ4v) is 3.40. The maximum absolute atomic E-state index is 12.7. The zero-order chi connectivity index (χ0) is 16.2. The zero-order valence-electron chi connectivity index (χ0n) is 12.9. The number of rotatable bonds is 7. The lowest BCUT2D eigenvalue weighted by atomic mass is 10.1.